The van der Waals surface area contributed by atoms with E-state index >= 15 is 0 Å². The molecule has 0 radical (unpaired) electrons. The Kier molecular flexibility index (Phi) is 48.4. The minimum Gasteiger partial charge on any atom is -0.479 e. The van der Waals surface area contributed by atoms with Gasteiger partial charge in [0.05, 0.1) is 6.61 Å². The quantitative estimate of drug-likeness (QED) is 0.0228. The Hall–Kier alpha value is -4.10. The van der Waals surface area contributed by atoms with E-state index in [-0.39, 0.29) is 25.9 Å². The highest BCUT2D eigenvalue weighted by Crippen LogP contribution is 2.26. The second-order valence-electron chi connectivity index (χ2n) is 20.6. The summed E-state index contributed by atoms with van der Waals surface area (Å²) in [5, 5.41) is 31.5. The van der Waals surface area contributed by atoms with E-state index in [1.165, 1.54) is 57.8 Å². The van der Waals surface area contributed by atoms with E-state index in [0.717, 1.165) is 135 Å². The molecular formula is C65H108O12. The van der Waals surface area contributed by atoms with Crippen molar-refractivity contribution in [2.24, 2.45) is 0 Å². The summed E-state index contributed by atoms with van der Waals surface area (Å²) in [5.74, 6) is -3.17. The zero-order chi connectivity index (χ0) is 56.1. The van der Waals surface area contributed by atoms with Gasteiger partial charge in [-0.05, 0) is 116 Å². The van der Waals surface area contributed by atoms with E-state index in [1.807, 2.05) is 0 Å². The molecule has 0 spiro atoms. The molecule has 0 aromatic heterocycles. The standard InChI is InChI=1S/C65H108O12/c1-4-7-10-13-16-19-22-25-28-29-32-33-36-39-42-45-48-51-57(66)73-54-56(75-58(67)52-49-46-43-40-37-34-30-26-23-20-17-14-11-8-5-2)55-74-65-63(61(70)60(69)62(77-65)64(71)72)76-59(68)53-50-47-44-41-38-35-31-27-24-21-18-15-12-9-6-3/h9,12,16-21,25-28,30-31,56,60-63,65,69-70H,4-8,10-11,13-15,22-24,29,32-55H2,1-3H3,(H,71,72)/b12-9-,19-16-,20-17-,21-18-,28-25-,30-26-,31-27-. The molecule has 0 aromatic rings. The van der Waals surface area contributed by atoms with Gasteiger partial charge >= 0.3 is 23.9 Å². The van der Waals surface area contributed by atoms with Crippen molar-refractivity contribution in [1.29, 1.82) is 0 Å². The summed E-state index contributed by atoms with van der Waals surface area (Å²) in [4.78, 5) is 51.2. The van der Waals surface area contributed by atoms with Crippen LogP contribution in [-0.4, -0.2) is 89.2 Å². The molecule has 3 N–H and O–H groups in total. The number of esters is 3. The normalized spacial score (nSPS) is 18.6. The highest BCUT2D eigenvalue weighted by atomic mass is 16.7. The number of unbranched alkanes of at least 4 members (excludes halogenated alkanes) is 23. The Morgan fingerprint density at radius 2 is 0.818 bits per heavy atom. The van der Waals surface area contributed by atoms with Gasteiger partial charge in [-0.3, -0.25) is 14.4 Å². The fourth-order valence-corrected chi connectivity index (χ4v) is 8.74. The number of rotatable bonds is 51. The minimum absolute atomic E-state index is 0.0357. The van der Waals surface area contributed by atoms with Crippen molar-refractivity contribution in [2.75, 3.05) is 13.2 Å². The predicted molar refractivity (Wildman–Crippen MR) is 312 cm³/mol. The van der Waals surface area contributed by atoms with E-state index in [4.69, 9.17) is 23.7 Å². The van der Waals surface area contributed by atoms with Crippen LogP contribution in [0.5, 0.6) is 0 Å². The lowest BCUT2D eigenvalue weighted by Crippen LogP contribution is -2.61. The third-order valence-electron chi connectivity index (χ3n) is 13.4. The lowest BCUT2D eigenvalue weighted by Gasteiger charge is -2.40. The minimum atomic E-state index is -1.92. The number of hydrogen-bond donors (Lipinski definition) is 3. The third-order valence-corrected chi connectivity index (χ3v) is 13.4. The molecule has 0 saturated carbocycles. The zero-order valence-corrected chi connectivity index (χ0v) is 48.4. The second kappa shape index (κ2) is 52.6. The molecule has 440 valence electrons. The van der Waals surface area contributed by atoms with Crippen LogP contribution in [-0.2, 0) is 42.9 Å². The summed E-state index contributed by atoms with van der Waals surface area (Å²) >= 11 is 0. The highest BCUT2D eigenvalue weighted by molar-refractivity contribution is 5.74. The van der Waals surface area contributed by atoms with Gasteiger partial charge in [0.1, 0.15) is 18.8 Å². The number of aliphatic hydroxyl groups is 2. The third kappa shape index (κ3) is 42.5. The van der Waals surface area contributed by atoms with Crippen molar-refractivity contribution in [2.45, 2.75) is 289 Å². The van der Waals surface area contributed by atoms with Crippen molar-refractivity contribution in [3.8, 4) is 0 Å². The number of ether oxygens (including phenoxy) is 5. The first kappa shape index (κ1) is 70.9. The summed E-state index contributed by atoms with van der Waals surface area (Å²) < 4.78 is 28.4. The van der Waals surface area contributed by atoms with Crippen LogP contribution in [0.1, 0.15) is 252 Å². The van der Waals surface area contributed by atoms with Crippen LogP contribution in [0.2, 0.25) is 0 Å². The molecule has 77 heavy (non-hydrogen) atoms. The number of carbonyl (C=O) groups is 4. The average molecular weight is 1080 g/mol. The summed E-state index contributed by atoms with van der Waals surface area (Å²) in [6.45, 7) is 5.81. The monoisotopic (exact) mass is 1080 g/mol. The Balaban J connectivity index is 2.71. The number of aliphatic carboxylic acids is 1. The van der Waals surface area contributed by atoms with Crippen LogP contribution < -0.4 is 0 Å². The van der Waals surface area contributed by atoms with E-state index in [9.17, 15) is 34.5 Å². The van der Waals surface area contributed by atoms with Gasteiger partial charge in [0, 0.05) is 19.3 Å². The molecule has 6 unspecified atom stereocenters. The van der Waals surface area contributed by atoms with Crippen molar-refractivity contribution < 1.29 is 58.2 Å². The summed E-state index contributed by atoms with van der Waals surface area (Å²) in [5.41, 5.74) is 0. The molecule has 0 aliphatic carbocycles. The number of allylic oxidation sites excluding steroid dienone is 14. The maximum Gasteiger partial charge on any atom is 0.335 e. The van der Waals surface area contributed by atoms with Gasteiger partial charge in [-0.25, -0.2) is 4.79 Å². The van der Waals surface area contributed by atoms with Gasteiger partial charge in [-0.15, -0.1) is 0 Å². The first-order valence-electron chi connectivity index (χ1n) is 30.6. The molecule has 1 rings (SSSR count). The fourth-order valence-electron chi connectivity index (χ4n) is 8.74. The second-order valence-corrected chi connectivity index (χ2v) is 20.6. The SMILES string of the molecule is CC/C=C\C/C=C\C/C=C\CCCCCCCC(=O)OC1C(OCC(COC(=O)CCCCCCCCC/C=C\C/C=C\CCCCC)OC(=O)CCCCCCC/C=C\C/C=C\CCCCC)OC(C(=O)O)C(O)C1O. The molecule has 0 bridgehead atoms. The molecule has 0 aromatic carbocycles. The summed E-state index contributed by atoms with van der Waals surface area (Å²) in [7, 11) is 0. The number of hydrogen-bond acceptors (Lipinski definition) is 11. The van der Waals surface area contributed by atoms with E-state index in [0.29, 0.717) is 19.3 Å². The van der Waals surface area contributed by atoms with Gasteiger partial charge in [-0.2, -0.15) is 0 Å². The molecule has 12 nitrogen and oxygen atoms in total. The molecular weight excluding hydrogens is 973 g/mol. The van der Waals surface area contributed by atoms with Gasteiger partial charge < -0.3 is 39.0 Å². The molecule has 1 saturated heterocycles. The maximum absolute atomic E-state index is 13.2. The van der Waals surface area contributed by atoms with Crippen molar-refractivity contribution >= 4 is 23.9 Å². The average Bonchev–Trinajstić information content (AvgIpc) is 3.43. The molecule has 12 heteroatoms. The number of carboxylic acids is 1. The Bertz CT molecular complexity index is 1660. The first-order chi connectivity index (χ1) is 37.6. The molecule has 1 heterocycles. The summed E-state index contributed by atoms with van der Waals surface area (Å²) in [6.07, 6.45) is 55.4. The van der Waals surface area contributed by atoms with Gasteiger partial charge in [0.15, 0.2) is 24.6 Å². The zero-order valence-electron chi connectivity index (χ0n) is 48.4. The Morgan fingerprint density at radius 3 is 1.25 bits per heavy atom. The van der Waals surface area contributed by atoms with E-state index < -0.39 is 67.3 Å². The van der Waals surface area contributed by atoms with Crippen molar-refractivity contribution in [1.82, 2.24) is 0 Å². The fraction of sp³-hybridized carbons (Fsp3) is 0.723. The molecule has 6 atom stereocenters. The largest absolute Gasteiger partial charge is 0.479 e. The molecule has 1 aliphatic rings. The van der Waals surface area contributed by atoms with Crippen LogP contribution in [0.15, 0.2) is 85.1 Å². The van der Waals surface area contributed by atoms with Crippen LogP contribution >= 0.6 is 0 Å². The van der Waals surface area contributed by atoms with Gasteiger partial charge in [0.25, 0.3) is 0 Å². The summed E-state index contributed by atoms with van der Waals surface area (Å²) in [6, 6.07) is 0. The van der Waals surface area contributed by atoms with Crippen molar-refractivity contribution in [3.05, 3.63) is 85.1 Å². The maximum atomic E-state index is 13.2. The Morgan fingerprint density at radius 1 is 0.442 bits per heavy atom. The first-order valence-corrected chi connectivity index (χ1v) is 30.6. The van der Waals surface area contributed by atoms with E-state index in [2.05, 4.69) is 106 Å². The van der Waals surface area contributed by atoms with Gasteiger partial charge in [0.2, 0.25) is 0 Å². The highest BCUT2D eigenvalue weighted by Gasteiger charge is 2.50. The van der Waals surface area contributed by atoms with Crippen LogP contribution in [0.4, 0.5) is 0 Å². The van der Waals surface area contributed by atoms with Crippen LogP contribution in [0.25, 0.3) is 0 Å². The number of carboxylic acid groups (broad SMARTS) is 1. The molecule has 0 amide bonds. The van der Waals surface area contributed by atoms with Crippen LogP contribution in [0.3, 0.4) is 0 Å². The number of carbonyl (C=O) groups excluding carboxylic acids is 3. The van der Waals surface area contributed by atoms with E-state index in [1.54, 1.807) is 0 Å². The lowest BCUT2D eigenvalue weighted by molar-refractivity contribution is -0.301. The lowest BCUT2D eigenvalue weighted by atomic mass is 9.98. The number of aliphatic hydroxyl groups excluding tert-OH is 2. The molecule has 1 aliphatic heterocycles. The smallest absolute Gasteiger partial charge is 0.335 e. The van der Waals surface area contributed by atoms with Gasteiger partial charge in [-0.1, -0.05) is 202 Å². The predicted octanol–water partition coefficient (Wildman–Crippen LogP) is 15.9. The van der Waals surface area contributed by atoms with Crippen molar-refractivity contribution in [3.63, 3.8) is 0 Å². The topological polar surface area (TPSA) is 175 Å². The van der Waals surface area contributed by atoms with Crippen LogP contribution in [0, 0.1) is 0 Å². The molecule has 1 fully saturated rings. The Labute approximate surface area is 467 Å².